The molecule has 0 saturated heterocycles. The SMILES string of the molecule is CC(=O)NCCOCCOCCNC(=O)CON. The van der Waals surface area contributed by atoms with Gasteiger partial charge < -0.3 is 20.1 Å². The van der Waals surface area contributed by atoms with Crippen LogP contribution in [0.15, 0.2) is 0 Å². The third-order valence-electron chi connectivity index (χ3n) is 1.78. The largest absolute Gasteiger partial charge is 0.377 e. The van der Waals surface area contributed by atoms with E-state index in [1.807, 2.05) is 0 Å². The van der Waals surface area contributed by atoms with E-state index in [2.05, 4.69) is 15.5 Å². The highest BCUT2D eigenvalue weighted by molar-refractivity contribution is 5.77. The lowest BCUT2D eigenvalue weighted by Gasteiger charge is -2.07. The fourth-order valence-corrected chi connectivity index (χ4v) is 1.01. The number of ether oxygens (including phenoxy) is 2. The summed E-state index contributed by atoms with van der Waals surface area (Å²) in [6.45, 7) is 3.90. The van der Waals surface area contributed by atoms with Crippen LogP contribution in [0.2, 0.25) is 0 Å². The Morgan fingerprint density at radius 1 is 1.00 bits per heavy atom. The Morgan fingerprint density at radius 2 is 1.56 bits per heavy atom. The van der Waals surface area contributed by atoms with Gasteiger partial charge in [0.15, 0.2) is 0 Å². The van der Waals surface area contributed by atoms with Gasteiger partial charge in [0.2, 0.25) is 11.8 Å². The summed E-state index contributed by atoms with van der Waals surface area (Å²) in [5.41, 5.74) is 0. The summed E-state index contributed by atoms with van der Waals surface area (Å²) in [5.74, 6) is 4.36. The molecule has 8 heteroatoms. The maximum atomic E-state index is 10.9. The molecule has 4 N–H and O–H groups in total. The first kappa shape index (κ1) is 16.8. The monoisotopic (exact) mass is 263 g/mol. The number of carbonyl (C=O) groups is 2. The lowest BCUT2D eigenvalue weighted by Crippen LogP contribution is -2.31. The number of hydrogen-bond donors (Lipinski definition) is 3. The van der Waals surface area contributed by atoms with Crippen molar-refractivity contribution in [3.05, 3.63) is 0 Å². The summed E-state index contributed by atoms with van der Waals surface area (Å²) in [6, 6.07) is 0. The highest BCUT2D eigenvalue weighted by Gasteiger charge is 1.98. The van der Waals surface area contributed by atoms with Crippen molar-refractivity contribution >= 4 is 11.8 Å². The van der Waals surface area contributed by atoms with Gasteiger partial charge in [0.25, 0.3) is 0 Å². The molecule has 0 aromatic carbocycles. The minimum Gasteiger partial charge on any atom is -0.377 e. The maximum absolute atomic E-state index is 10.9. The van der Waals surface area contributed by atoms with Crippen molar-refractivity contribution in [2.45, 2.75) is 6.92 Å². The number of nitrogens with one attached hydrogen (secondary N) is 2. The second kappa shape index (κ2) is 12.2. The second-order valence-electron chi connectivity index (χ2n) is 3.37. The van der Waals surface area contributed by atoms with Gasteiger partial charge in [0.1, 0.15) is 6.61 Å². The van der Waals surface area contributed by atoms with Crippen LogP contribution in [0, 0.1) is 0 Å². The molecule has 0 unspecified atom stereocenters. The van der Waals surface area contributed by atoms with Crippen LogP contribution in [0.25, 0.3) is 0 Å². The van der Waals surface area contributed by atoms with E-state index in [9.17, 15) is 9.59 Å². The van der Waals surface area contributed by atoms with E-state index >= 15 is 0 Å². The van der Waals surface area contributed by atoms with Crippen LogP contribution in [0.5, 0.6) is 0 Å². The van der Waals surface area contributed by atoms with Gasteiger partial charge >= 0.3 is 0 Å². The molecule has 0 saturated carbocycles. The van der Waals surface area contributed by atoms with Gasteiger partial charge in [-0.15, -0.1) is 0 Å². The van der Waals surface area contributed by atoms with Crippen LogP contribution in [0.3, 0.4) is 0 Å². The van der Waals surface area contributed by atoms with Crippen molar-refractivity contribution in [1.29, 1.82) is 0 Å². The van der Waals surface area contributed by atoms with Gasteiger partial charge in [0.05, 0.1) is 26.4 Å². The van der Waals surface area contributed by atoms with Crippen LogP contribution in [-0.4, -0.2) is 57.9 Å². The lowest BCUT2D eigenvalue weighted by molar-refractivity contribution is -0.126. The molecule has 0 rings (SSSR count). The average Bonchev–Trinajstić information content (AvgIpc) is 2.31. The summed E-state index contributed by atoms with van der Waals surface area (Å²) in [5, 5.41) is 5.16. The third kappa shape index (κ3) is 12.8. The topological polar surface area (TPSA) is 112 Å². The van der Waals surface area contributed by atoms with Crippen molar-refractivity contribution in [3.8, 4) is 0 Å². The zero-order valence-electron chi connectivity index (χ0n) is 10.6. The second-order valence-corrected chi connectivity index (χ2v) is 3.37. The first-order valence-electron chi connectivity index (χ1n) is 5.65. The van der Waals surface area contributed by atoms with Crippen molar-refractivity contribution in [2.24, 2.45) is 5.90 Å². The van der Waals surface area contributed by atoms with Crippen LogP contribution < -0.4 is 16.5 Å². The summed E-state index contributed by atoms with van der Waals surface area (Å²) in [7, 11) is 0. The van der Waals surface area contributed by atoms with Gasteiger partial charge in [0, 0.05) is 20.0 Å². The molecule has 18 heavy (non-hydrogen) atoms. The van der Waals surface area contributed by atoms with Gasteiger partial charge in [-0.1, -0.05) is 0 Å². The molecule has 8 nitrogen and oxygen atoms in total. The predicted octanol–water partition coefficient (Wildman–Crippen LogP) is -1.84. The maximum Gasteiger partial charge on any atom is 0.248 e. The molecule has 0 aromatic heterocycles. The zero-order chi connectivity index (χ0) is 13.6. The van der Waals surface area contributed by atoms with Crippen LogP contribution in [0.1, 0.15) is 6.92 Å². The molecule has 0 aliphatic rings. The molecular weight excluding hydrogens is 242 g/mol. The summed E-state index contributed by atoms with van der Waals surface area (Å²) >= 11 is 0. The first-order chi connectivity index (χ1) is 8.66. The van der Waals surface area contributed by atoms with Gasteiger partial charge in [-0.2, -0.15) is 0 Å². The first-order valence-corrected chi connectivity index (χ1v) is 5.65. The molecule has 106 valence electrons. The van der Waals surface area contributed by atoms with E-state index in [0.717, 1.165) is 0 Å². The Balaban J connectivity index is 3.07. The van der Waals surface area contributed by atoms with Gasteiger partial charge in [-0.3, -0.25) is 14.4 Å². The Hall–Kier alpha value is -1.22. The number of rotatable bonds is 11. The fraction of sp³-hybridized carbons (Fsp3) is 0.800. The van der Waals surface area contributed by atoms with Crippen LogP contribution in [0.4, 0.5) is 0 Å². The molecule has 0 aliphatic heterocycles. The Bertz CT molecular complexity index is 238. The van der Waals surface area contributed by atoms with Gasteiger partial charge in [-0.25, -0.2) is 5.90 Å². The standard InChI is InChI=1S/C10H21N3O5/c1-9(14)12-2-4-16-6-7-17-5-3-13-10(15)8-18-11/h2-8,11H2,1H3,(H,12,14)(H,13,15). The molecule has 0 atom stereocenters. The molecule has 0 heterocycles. The summed E-state index contributed by atoms with van der Waals surface area (Å²) in [4.78, 5) is 25.5. The Morgan fingerprint density at radius 3 is 2.06 bits per heavy atom. The van der Waals surface area contributed by atoms with E-state index in [0.29, 0.717) is 39.5 Å². The van der Waals surface area contributed by atoms with Crippen molar-refractivity contribution in [1.82, 2.24) is 10.6 Å². The Kier molecular flexibility index (Phi) is 11.4. The minimum atomic E-state index is -0.285. The molecular formula is C10H21N3O5. The van der Waals surface area contributed by atoms with Gasteiger partial charge in [-0.05, 0) is 0 Å². The average molecular weight is 263 g/mol. The quantitative estimate of drug-likeness (QED) is 0.298. The van der Waals surface area contributed by atoms with E-state index < -0.39 is 0 Å². The molecule has 0 fully saturated rings. The number of carbonyl (C=O) groups excluding carboxylic acids is 2. The molecule has 0 aliphatic carbocycles. The summed E-state index contributed by atoms with van der Waals surface area (Å²) in [6.07, 6.45) is 0. The normalized spacial score (nSPS) is 10.1. The highest BCUT2D eigenvalue weighted by atomic mass is 16.6. The predicted molar refractivity (Wildman–Crippen MR) is 63.5 cm³/mol. The van der Waals surface area contributed by atoms with Crippen LogP contribution >= 0.6 is 0 Å². The fourth-order valence-electron chi connectivity index (χ4n) is 1.01. The lowest BCUT2D eigenvalue weighted by atomic mass is 10.6. The third-order valence-corrected chi connectivity index (χ3v) is 1.78. The minimum absolute atomic E-state index is 0.0768. The smallest absolute Gasteiger partial charge is 0.248 e. The summed E-state index contributed by atoms with van der Waals surface area (Å²) < 4.78 is 10.4. The molecule has 0 bridgehead atoms. The van der Waals surface area contributed by atoms with Crippen molar-refractivity contribution in [2.75, 3.05) is 46.1 Å². The number of hydrogen-bond acceptors (Lipinski definition) is 6. The molecule has 0 radical (unpaired) electrons. The van der Waals surface area contributed by atoms with Crippen LogP contribution in [-0.2, 0) is 23.9 Å². The number of nitrogens with two attached hydrogens (primary N) is 1. The highest BCUT2D eigenvalue weighted by Crippen LogP contribution is 1.78. The van der Waals surface area contributed by atoms with E-state index in [4.69, 9.17) is 15.4 Å². The molecule has 2 amide bonds. The van der Waals surface area contributed by atoms with E-state index in [1.165, 1.54) is 6.92 Å². The number of amides is 2. The zero-order valence-corrected chi connectivity index (χ0v) is 10.6. The van der Waals surface area contributed by atoms with E-state index in [1.54, 1.807) is 0 Å². The molecule has 0 aromatic rings. The van der Waals surface area contributed by atoms with E-state index in [-0.39, 0.29) is 18.4 Å². The van der Waals surface area contributed by atoms with Crippen molar-refractivity contribution < 1.29 is 23.9 Å². The Labute approximate surface area is 106 Å². The van der Waals surface area contributed by atoms with Crippen molar-refractivity contribution in [3.63, 3.8) is 0 Å². The molecule has 0 spiro atoms.